The number of anilines is 2. The van der Waals surface area contributed by atoms with E-state index in [4.69, 9.17) is 4.74 Å². The van der Waals surface area contributed by atoms with Crippen molar-refractivity contribution in [1.29, 1.82) is 0 Å². The van der Waals surface area contributed by atoms with Crippen LogP contribution in [-0.2, 0) is 25.8 Å². The van der Waals surface area contributed by atoms with Gasteiger partial charge in [0.25, 0.3) is 0 Å². The summed E-state index contributed by atoms with van der Waals surface area (Å²) in [4.78, 5) is 23.1. The molecule has 0 bridgehead atoms. The number of nitrogens with one attached hydrogen (secondary N) is 2. The van der Waals surface area contributed by atoms with Gasteiger partial charge in [-0.3, -0.25) is 4.79 Å². The molecule has 1 fully saturated rings. The molecular formula is C21H29N5O4S. The molecule has 0 radical (unpaired) electrons. The fourth-order valence-corrected chi connectivity index (χ4v) is 4.18. The SMILES string of the molecule is CC(C)S(=O)(=O)c1ccc(CC(=O)NCCNc2cc(N3CCOCC3)ncn2)cc1. The molecule has 0 saturated carbocycles. The predicted molar refractivity (Wildman–Crippen MR) is 119 cm³/mol. The van der Waals surface area contributed by atoms with E-state index >= 15 is 0 Å². The summed E-state index contributed by atoms with van der Waals surface area (Å²) >= 11 is 0. The highest BCUT2D eigenvalue weighted by atomic mass is 32.2. The van der Waals surface area contributed by atoms with E-state index in [1.54, 1.807) is 38.1 Å². The van der Waals surface area contributed by atoms with Crippen molar-refractivity contribution in [3.63, 3.8) is 0 Å². The maximum atomic E-state index is 12.2. The number of hydrogen-bond donors (Lipinski definition) is 2. The first-order valence-corrected chi connectivity index (χ1v) is 11.9. The van der Waals surface area contributed by atoms with E-state index in [-0.39, 0.29) is 17.2 Å². The molecule has 0 spiro atoms. The normalized spacial score (nSPS) is 14.5. The standard InChI is InChI=1S/C21H29N5O4S/c1-16(2)31(28,29)18-5-3-17(4-6-18)13-21(27)23-8-7-22-19-14-20(25-15-24-19)26-9-11-30-12-10-26/h3-6,14-16H,7-13H2,1-2H3,(H,23,27)(H,22,24,25). The lowest BCUT2D eigenvalue weighted by Gasteiger charge is -2.27. The van der Waals surface area contributed by atoms with E-state index in [1.165, 1.54) is 6.33 Å². The zero-order chi connectivity index (χ0) is 22.3. The highest BCUT2D eigenvalue weighted by Gasteiger charge is 2.19. The Hall–Kier alpha value is -2.72. The molecule has 168 valence electrons. The van der Waals surface area contributed by atoms with E-state index in [1.807, 2.05) is 6.07 Å². The smallest absolute Gasteiger partial charge is 0.224 e. The number of amides is 1. The van der Waals surface area contributed by atoms with Gasteiger partial charge >= 0.3 is 0 Å². The Labute approximate surface area is 183 Å². The van der Waals surface area contributed by atoms with E-state index in [9.17, 15) is 13.2 Å². The summed E-state index contributed by atoms with van der Waals surface area (Å²) in [5.74, 6) is 1.43. The third kappa shape index (κ3) is 6.38. The van der Waals surface area contributed by atoms with Crippen molar-refractivity contribution in [2.75, 3.05) is 49.6 Å². The van der Waals surface area contributed by atoms with Gasteiger partial charge < -0.3 is 20.3 Å². The van der Waals surface area contributed by atoms with Crippen LogP contribution in [0, 0.1) is 0 Å². The van der Waals surface area contributed by atoms with Crippen LogP contribution in [0.25, 0.3) is 0 Å². The molecule has 1 aliphatic rings. The number of rotatable bonds is 9. The van der Waals surface area contributed by atoms with Crippen molar-refractivity contribution in [2.24, 2.45) is 0 Å². The van der Waals surface area contributed by atoms with Gasteiger partial charge in [-0.05, 0) is 31.5 Å². The first-order chi connectivity index (χ1) is 14.9. The Morgan fingerprint density at radius 1 is 1.13 bits per heavy atom. The molecule has 0 aliphatic carbocycles. The molecule has 31 heavy (non-hydrogen) atoms. The lowest BCUT2D eigenvalue weighted by molar-refractivity contribution is -0.120. The number of carbonyl (C=O) groups excluding carboxylic acids is 1. The molecule has 1 aromatic heterocycles. The molecule has 1 aliphatic heterocycles. The van der Waals surface area contributed by atoms with Crippen LogP contribution in [0.4, 0.5) is 11.6 Å². The minimum atomic E-state index is -3.30. The molecule has 1 saturated heterocycles. The van der Waals surface area contributed by atoms with Gasteiger partial charge in [-0.2, -0.15) is 0 Å². The number of ether oxygens (including phenoxy) is 1. The van der Waals surface area contributed by atoms with Crippen molar-refractivity contribution in [2.45, 2.75) is 30.4 Å². The van der Waals surface area contributed by atoms with Gasteiger partial charge in [0.1, 0.15) is 18.0 Å². The van der Waals surface area contributed by atoms with E-state index in [0.717, 1.165) is 24.5 Å². The molecule has 2 N–H and O–H groups in total. The lowest BCUT2D eigenvalue weighted by atomic mass is 10.1. The van der Waals surface area contributed by atoms with Crippen molar-refractivity contribution in [1.82, 2.24) is 15.3 Å². The number of sulfone groups is 1. The summed E-state index contributed by atoms with van der Waals surface area (Å²) in [6.45, 7) is 7.25. The number of benzene rings is 1. The molecule has 10 heteroatoms. The Morgan fingerprint density at radius 2 is 1.84 bits per heavy atom. The summed E-state index contributed by atoms with van der Waals surface area (Å²) < 4.78 is 29.7. The van der Waals surface area contributed by atoms with Crippen LogP contribution in [0.15, 0.2) is 41.6 Å². The summed E-state index contributed by atoms with van der Waals surface area (Å²) in [5.41, 5.74) is 0.763. The minimum Gasteiger partial charge on any atom is -0.378 e. The average molecular weight is 448 g/mol. The van der Waals surface area contributed by atoms with Gasteiger partial charge in [0, 0.05) is 32.2 Å². The number of hydrogen-bond acceptors (Lipinski definition) is 8. The van der Waals surface area contributed by atoms with Gasteiger partial charge in [-0.15, -0.1) is 0 Å². The Morgan fingerprint density at radius 3 is 2.52 bits per heavy atom. The molecule has 0 atom stereocenters. The quantitative estimate of drug-likeness (QED) is 0.553. The van der Waals surface area contributed by atoms with Gasteiger partial charge in [-0.25, -0.2) is 18.4 Å². The maximum Gasteiger partial charge on any atom is 0.224 e. The second kappa shape index (κ2) is 10.5. The van der Waals surface area contributed by atoms with Crippen LogP contribution in [0.5, 0.6) is 0 Å². The number of nitrogens with zero attached hydrogens (tertiary/aromatic N) is 3. The Kier molecular flexibility index (Phi) is 7.80. The fraction of sp³-hybridized carbons (Fsp3) is 0.476. The molecule has 0 unspecified atom stereocenters. The van der Waals surface area contributed by atoms with Gasteiger partial charge in [-0.1, -0.05) is 12.1 Å². The van der Waals surface area contributed by atoms with Crippen molar-refractivity contribution < 1.29 is 17.9 Å². The largest absolute Gasteiger partial charge is 0.378 e. The van der Waals surface area contributed by atoms with Crippen LogP contribution < -0.4 is 15.5 Å². The van der Waals surface area contributed by atoms with Gasteiger partial charge in [0.2, 0.25) is 5.91 Å². The average Bonchev–Trinajstić information content (AvgIpc) is 2.78. The number of aromatic nitrogens is 2. The van der Waals surface area contributed by atoms with Crippen molar-refractivity contribution in [3.8, 4) is 0 Å². The summed E-state index contributed by atoms with van der Waals surface area (Å²) in [6.07, 6.45) is 1.71. The molecule has 2 aromatic rings. The summed E-state index contributed by atoms with van der Waals surface area (Å²) in [7, 11) is -3.30. The predicted octanol–water partition coefficient (Wildman–Crippen LogP) is 1.27. The minimum absolute atomic E-state index is 0.127. The van der Waals surface area contributed by atoms with Crippen LogP contribution in [0.3, 0.4) is 0 Å². The third-order valence-corrected chi connectivity index (χ3v) is 7.15. The van der Waals surface area contributed by atoms with Crippen molar-refractivity contribution in [3.05, 3.63) is 42.2 Å². The molecule has 3 rings (SSSR count). The maximum absolute atomic E-state index is 12.2. The van der Waals surface area contributed by atoms with Crippen LogP contribution >= 0.6 is 0 Å². The molecule has 1 amide bonds. The van der Waals surface area contributed by atoms with E-state index in [2.05, 4.69) is 25.5 Å². The number of morpholine rings is 1. The van der Waals surface area contributed by atoms with Crippen LogP contribution in [0.1, 0.15) is 19.4 Å². The first kappa shape index (κ1) is 23.0. The molecule has 1 aromatic carbocycles. The van der Waals surface area contributed by atoms with Crippen molar-refractivity contribution >= 4 is 27.4 Å². The highest BCUT2D eigenvalue weighted by Crippen LogP contribution is 2.17. The molecule has 2 heterocycles. The summed E-state index contributed by atoms with van der Waals surface area (Å²) in [5, 5.41) is 5.56. The fourth-order valence-electron chi connectivity index (χ4n) is 3.12. The van der Waals surface area contributed by atoms with Crippen LogP contribution in [0.2, 0.25) is 0 Å². The van der Waals surface area contributed by atoms with Gasteiger partial charge in [0.15, 0.2) is 9.84 Å². The Balaban J connectivity index is 1.42. The lowest BCUT2D eigenvalue weighted by Crippen LogP contribution is -2.36. The number of carbonyl (C=O) groups is 1. The topological polar surface area (TPSA) is 114 Å². The monoisotopic (exact) mass is 447 g/mol. The van der Waals surface area contributed by atoms with Gasteiger partial charge in [0.05, 0.1) is 29.8 Å². The zero-order valence-electron chi connectivity index (χ0n) is 17.9. The van der Waals surface area contributed by atoms with E-state index < -0.39 is 15.1 Å². The first-order valence-electron chi connectivity index (χ1n) is 10.3. The zero-order valence-corrected chi connectivity index (χ0v) is 18.7. The summed E-state index contributed by atoms with van der Waals surface area (Å²) in [6, 6.07) is 8.36. The second-order valence-corrected chi connectivity index (χ2v) is 10.1. The highest BCUT2D eigenvalue weighted by molar-refractivity contribution is 7.92. The Bertz CT molecular complexity index is 974. The van der Waals surface area contributed by atoms with Crippen LogP contribution in [-0.4, -0.2) is 68.9 Å². The third-order valence-electron chi connectivity index (χ3n) is 4.98. The van der Waals surface area contributed by atoms with E-state index in [0.29, 0.717) is 32.1 Å². The molecular weight excluding hydrogens is 418 g/mol. The molecule has 9 nitrogen and oxygen atoms in total. The second-order valence-electron chi connectivity index (χ2n) is 7.55.